The number of likely N-dealkylation sites (tertiary alicyclic amines) is 2. The minimum Gasteiger partial charge on any atom is -0.464 e. The molecule has 4 aromatic heterocycles. The number of aryl methyl sites for hydroxylation is 1. The fourth-order valence-corrected chi connectivity index (χ4v) is 13.9. The minimum atomic E-state index is -0.735. The van der Waals surface area contributed by atoms with Crippen molar-refractivity contribution in [3.05, 3.63) is 82.1 Å². The van der Waals surface area contributed by atoms with Crippen LogP contribution in [-0.4, -0.2) is 114 Å². The molecule has 12 rings (SSSR count). The molecule has 0 spiro atoms. The van der Waals surface area contributed by atoms with Crippen LogP contribution in [0.1, 0.15) is 137 Å². The molecule has 4 N–H and O–H groups in total. The van der Waals surface area contributed by atoms with E-state index in [4.69, 9.17) is 33.9 Å². The molecular formula is C56H66N10O8S. The molecule has 10 atom stereocenters. The van der Waals surface area contributed by atoms with Crippen LogP contribution in [0.2, 0.25) is 0 Å². The Balaban J connectivity index is 0.852. The average Bonchev–Trinajstić information content (AvgIpc) is 4.16. The normalized spacial score (nSPS) is 25.7. The maximum Gasteiger partial charge on any atom is 0.407 e. The van der Waals surface area contributed by atoms with E-state index in [0.717, 1.165) is 110 Å². The Morgan fingerprint density at radius 1 is 0.800 bits per heavy atom. The monoisotopic (exact) mass is 1040 g/mol. The van der Waals surface area contributed by atoms with Gasteiger partial charge in [-0.05, 0) is 126 Å². The number of methoxy groups -OCH3 is 2. The molecule has 8 heterocycles. The van der Waals surface area contributed by atoms with Crippen LogP contribution in [0.3, 0.4) is 0 Å². The molecule has 2 aliphatic carbocycles. The number of aromatic nitrogens is 6. The Kier molecular flexibility index (Phi) is 12.7. The number of fused-ring (bicyclic) bond motifs is 6. The zero-order valence-electron chi connectivity index (χ0n) is 43.6. The summed E-state index contributed by atoms with van der Waals surface area (Å²) in [7, 11) is 2.63. The number of ether oxygens (including phenoxy) is 4. The highest BCUT2D eigenvalue weighted by Gasteiger charge is 2.57. The molecular weight excluding hydrogens is 973 g/mol. The largest absolute Gasteiger partial charge is 0.464 e. The van der Waals surface area contributed by atoms with Gasteiger partial charge in [-0.2, -0.15) is 0 Å². The molecule has 18 nitrogen and oxygen atoms in total. The second-order valence-corrected chi connectivity index (χ2v) is 23.2. The second kappa shape index (κ2) is 19.4. The van der Waals surface area contributed by atoms with E-state index in [1.54, 1.807) is 11.3 Å². The Labute approximate surface area is 439 Å². The molecule has 4 unspecified atom stereocenters. The van der Waals surface area contributed by atoms with Crippen molar-refractivity contribution in [1.29, 1.82) is 0 Å². The van der Waals surface area contributed by atoms with Gasteiger partial charge in [0.1, 0.15) is 29.5 Å². The molecule has 0 radical (unpaired) electrons. The van der Waals surface area contributed by atoms with E-state index < -0.39 is 30.5 Å². The lowest BCUT2D eigenvalue weighted by Gasteiger charge is -2.38. The summed E-state index contributed by atoms with van der Waals surface area (Å²) < 4.78 is 25.4. The molecule has 6 aromatic rings. The van der Waals surface area contributed by atoms with E-state index in [9.17, 15) is 19.2 Å². The highest BCUT2D eigenvalue weighted by atomic mass is 32.1. The molecule has 4 amide bonds. The van der Waals surface area contributed by atoms with E-state index in [1.807, 2.05) is 56.1 Å². The van der Waals surface area contributed by atoms with Crippen LogP contribution in [0.5, 0.6) is 5.75 Å². The number of amides is 4. The Morgan fingerprint density at radius 2 is 1.52 bits per heavy atom. The number of carbonyl (C=O) groups excluding carboxylic acids is 4. The van der Waals surface area contributed by atoms with Gasteiger partial charge in [-0.15, -0.1) is 11.3 Å². The van der Waals surface area contributed by atoms with Crippen LogP contribution >= 0.6 is 11.3 Å². The summed E-state index contributed by atoms with van der Waals surface area (Å²) in [5, 5.41) is 7.86. The number of aromatic amines is 2. The van der Waals surface area contributed by atoms with Crippen molar-refractivity contribution in [2.24, 2.45) is 17.8 Å². The van der Waals surface area contributed by atoms with Gasteiger partial charge in [0.2, 0.25) is 18.0 Å². The predicted molar refractivity (Wildman–Crippen MR) is 281 cm³/mol. The molecule has 3 saturated heterocycles. The number of imidazole rings is 2. The van der Waals surface area contributed by atoms with Crippen molar-refractivity contribution in [2.75, 3.05) is 20.8 Å². The molecule has 2 aromatic carbocycles. The van der Waals surface area contributed by atoms with Gasteiger partial charge in [0.25, 0.3) is 0 Å². The standard InChI is InChI=1S/C56H66N10O8S/c1-27(2)47(62-55(69)71-6)52(67)64-15-9-12-40(64)49-57-25-38(61-49)33-16-28(3)46-42-21-34-19-32(13-14-39(34)66(42)54(74-44(46)23-33)45-26-59-51(75-45)31-10-8-11-31)37-24-58-50(60-37)43-22-35-20-41(35)65(43)53(68)48(63-56(70)72-7)36-17-29(4)73-30(5)18-36/h13-14,16,19,21,23-27,29-31,35-36,40-41,43,47-48,54H,8-12,15,17-18,20,22H2,1-7H3,(H,57,61)(H,58,60)(H,62,69)(H,63,70)/t29-,30+,35-,36?,40+,41-,43+,47?,48?,54?/m1/s1. The SMILES string of the molecule is COC(=O)NC(C(=O)N1CCC[C@H]1c1ncc(-c2cc(C)c3c(c2)OC(c2cnc(C4CCC4)s2)n2c-3cc3cc(-c4cnc([C@@H]5C[C@H]6C[C@H]6N5C(=O)C(NC(=O)OC)C5C[C@@H](C)O[C@@H](C)C5)[nH]4)ccc32)[nH]1)C(C)C. The summed E-state index contributed by atoms with van der Waals surface area (Å²) in [4.78, 5) is 80.3. The van der Waals surface area contributed by atoms with Gasteiger partial charge >= 0.3 is 12.2 Å². The van der Waals surface area contributed by atoms with Gasteiger partial charge in [0, 0.05) is 46.8 Å². The number of piperidine rings is 1. The zero-order chi connectivity index (χ0) is 52.0. The lowest BCUT2D eigenvalue weighted by Crippen LogP contribution is -2.55. The van der Waals surface area contributed by atoms with Crippen molar-refractivity contribution in [2.45, 2.75) is 147 Å². The van der Waals surface area contributed by atoms with E-state index in [-0.39, 0.29) is 54.0 Å². The third-order valence-electron chi connectivity index (χ3n) is 16.8. The molecule has 2 saturated carbocycles. The van der Waals surface area contributed by atoms with Gasteiger partial charge in [-0.1, -0.05) is 26.3 Å². The first-order valence-corrected chi connectivity index (χ1v) is 27.6. The van der Waals surface area contributed by atoms with Crippen molar-refractivity contribution in [3.8, 4) is 39.5 Å². The lowest BCUT2D eigenvalue weighted by molar-refractivity contribution is -0.140. The molecule has 75 heavy (non-hydrogen) atoms. The van der Waals surface area contributed by atoms with Gasteiger partial charge in [0.05, 0.1) is 83.4 Å². The fourth-order valence-electron chi connectivity index (χ4n) is 12.8. The number of hydrogen-bond acceptors (Lipinski definition) is 12. The van der Waals surface area contributed by atoms with Crippen molar-refractivity contribution in [1.82, 2.24) is 49.9 Å². The number of hydrogen-bond donors (Lipinski definition) is 4. The second-order valence-electron chi connectivity index (χ2n) is 22.1. The Morgan fingerprint density at radius 3 is 2.23 bits per heavy atom. The quantitative estimate of drug-likeness (QED) is 0.0906. The maximum atomic E-state index is 14.7. The van der Waals surface area contributed by atoms with Crippen LogP contribution in [0.15, 0.2) is 55.0 Å². The molecule has 6 aliphatic rings. The number of nitrogens with zero attached hydrogens (tertiary/aromatic N) is 6. The third kappa shape index (κ3) is 8.92. The first-order valence-electron chi connectivity index (χ1n) is 26.7. The third-order valence-corrected chi connectivity index (χ3v) is 18.0. The lowest BCUT2D eigenvalue weighted by atomic mass is 9.85. The van der Waals surface area contributed by atoms with Crippen LogP contribution in [0.25, 0.3) is 44.7 Å². The first-order chi connectivity index (χ1) is 36.2. The summed E-state index contributed by atoms with van der Waals surface area (Å²) in [6.07, 6.45) is 12.1. The molecule has 5 fully saturated rings. The van der Waals surface area contributed by atoms with Crippen LogP contribution in [0, 0.1) is 24.7 Å². The van der Waals surface area contributed by atoms with Gasteiger partial charge in [0.15, 0.2) is 0 Å². The highest BCUT2D eigenvalue weighted by Crippen LogP contribution is 2.54. The molecule has 394 valence electrons. The number of carbonyl (C=O) groups is 4. The number of thiazole rings is 1. The Bertz CT molecular complexity index is 3180. The smallest absolute Gasteiger partial charge is 0.407 e. The van der Waals surface area contributed by atoms with E-state index >= 15 is 0 Å². The Hall–Kier alpha value is -6.73. The van der Waals surface area contributed by atoms with Crippen molar-refractivity contribution in [3.63, 3.8) is 0 Å². The van der Waals surface area contributed by atoms with Gasteiger partial charge < -0.3 is 49.3 Å². The van der Waals surface area contributed by atoms with E-state index in [1.165, 1.54) is 20.6 Å². The average molecular weight is 1040 g/mol. The molecule has 4 aliphatic heterocycles. The number of alkyl carbamates (subject to hydrolysis) is 2. The number of benzene rings is 2. The maximum absolute atomic E-state index is 14.7. The summed E-state index contributed by atoms with van der Waals surface area (Å²) >= 11 is 1.73. The van der Waals surface area contributed by atoms with E-state index in [2.05, 4.69) is 68.5 Å². The van der Waals surface area contributed by atoms with Crippen molar-refractivity contribution < 1.29 is 38.1 Å². The summed E-state index contributed by atoms with van der Waals surface area (Å²) in [5.74, 6) is 2.58. The minimum absolute atomic E-state index is 0.0305. The number of H-pyrrole nitrogens is 2. The summed E-state index contributed by atoms with van der Waals surface area (Å²) in [5.41, 5.74) is 7.63. The molecule has 19 heteroatoms. The van der Waals surface area contributed by atoms with Gasteiger partial charge in [-0.3, -0.25) is 14.2 Å². The van der Waals surface area contributed by atoms with Gasteiger partial charge in [-0.25, -0.2) is 24.5 Å². The first kappa shape index (κ1) is 49.2. The molecule has 0 bridgehead atoms. The van der Waals surface area contributed by atoms with E-state index in [0.29, 0.717) is 37.0 Å². The van der Waals surface area contributed by atoms with Crippen LogP contribution in [-0.2, 0) is 23.8 Å². The highest BCUT2D eigenvalue weighted by molar-refractivity contribution is 7.11. The zero-order valence-corrected chi connectivity index (χ0v) is 44.4. The summed E-state index contributed by atoms with van der Waals surface area (Å²) in [6, 6.07) is 11.1. The summed E-state index contributed by atoms with van der Waals surface area (Å²) in [6.45, 7) is 10.5. The number of rotatable bonds is 12. The van der Waals surface area contributed by atoms with Crippen LogP contribution in [0.4, 0.5) is 9.59 Å². The number of nitrogens with one attached hydrogen (secondary N) is 4. The predicted octanol–water partition coefficient (Wildman–Crippen LogP) is 9.69. The topological polar surface area (TPSA) is 211 Å². The fraction of sp³-hybridized carbons (Fsp3) is 0.518. The van der Waals surface area contributed by atoms with Crippen molar-refractivity contribution >= 4 is 46.2 Å². The van der Waals surface area contributed by atoms with Crippen LogP contribution < -0.4 is 15.4 Å².